The third-order valence-electron chi connectivity index (χ3n) is 1.31. The highest BCUT2D eigenvalue weighted by molar-refractivity contribution is 6.06. The van der Waals surface area contributed by atoms with E-state index in [9.17, 15) is 9.59 Å². The van der Waals surface area contributed by atoms with Crippen LogP contribution in [-0.4, -0.2) is 29.4 Å². The van der Waals surface area contributed by atoms with E-state index in [0.717, 1.165) is 0 Å². The second-order valence-corrected chi connectivity index (χ2v) is 2.21. The molecule has 0 aromatic rings. The summed E-state index contributed by atoms with van der Waals surface area (Å²) >= 11 is 0. The molecule has 0 fully saturated rings. The van der Waals surface area contributed by atoms with Crippen LogP contribution in [0.15, 0.2) is 11.8 Å². The van der Waals surface area contributed by atoms with Gasteiger partial charge in [-0.1, -0.05) is 0 Å². The zero-order chi connectivity index (χ0) is 8.43. The average Bonchev–Trinajstić information content (AvgIpc) is 1.96. The van der Waals surface area contributed by atoms with E-state index in [4.69, 9.17) is 10.8 Å². The lowest BCUT2D eigenvalue weighted by Crippen LogP contribution is -2.40. The molecule has 5 heteroatoms. The van der Waals surface area contributed by atoms with E-state index in [1.54, 1.807) is 0 Å². The molecule has 0 aromatic carbocycles. The minimum atomic E-state index is -1.01. The standard InChI is InChI=1S/C6H8N2O3/c7-5(10)2-8-3-1-4(9)6(3)11/h1,4,8-9H,2H2,(H2,7,10). The van der Waals surface area contributed by atoms with Gasteiger partial charge in [0, 0.05) is 0 Å². The summed E-state index contributed by atoms with van der Waals surface area (Å²) in [5.74, 6) is -0.939. The second-order valence-electron chi connectivity index (χ2n) is 2.21. The largest absolute Gasteiger partial charge is 0.381 e. The first-order valence-corrected chi connectivity index (χ1v) is 3.07. The van der Waals surface area contributed by atoms with Crippen LogP contribution in [0, 0.1) is 0 Å². The Kier molecular flexibility index (Phi) is 1.91. The Balaban J connectivity index is 2.36. The first kappa shape index (κ1) is 7.74. The Labute approximate surface area is 62.9 Å². The predicted octanol–water partition coefficient (Wildman–Crippen LogP) is -2.11. The van der Waals surface area contributed by atoms with Gasteiger partial charge >= 0.3 is 0 Å². The normalized spacial score (nSPS) is 22.1. The maximum absolute atomic E-state index is 10.6. The van der Waals surface area contributed by atoms with Gasteiger partial charge in [-0.3, -0.25) is 9.59 Å². The molecule has 0 radical (unpaired) electrons. The lowest BCUT2D eigenvalue weighted by Gasteiger charge is -2.19. The molecule has 60 valence electrons. The van der Waals surface area contributed by atoms with Crippen molar-refractivity contribution < 1.29 is 14.7 Å². The summed E-state index contributed by atoms with van der Waals surface area (Å²) in [6.45, 7) is -0.0791. The van der Waals surface area contributed by atoms with Crippen LogP contribution in [0.2, 0.25) is 0 Å². The Hall–Kier alpha value is -1.36. The van der Waals surface area contributed by atoms with Crippen molar-refractivity contribution in [1.29, 1.82) is 0 Å². The monoisotopic (exact) mass is 156 g/mol. The molecule has 0 heterocycles. The smallest absolute Gasteiger partial charge is 0.236 e. The van der Waals surface area contributed by atoms with Gasteiger partial charge in [0.05, 0.1) is 12.2 Å². The summed E-state index contributed by atoms with van der Waals surface area (Å²) in [6.07, 6.45) is 0.316. The Morgan fingerprint density at radius 3 is 2.82 bits per heavy atom. The van der Waals surface area contributed by atoms with Crippen molar-refractivity contribution in [2.24, 2.45) is 5.73 Å². The summed E-state index contributed by atoms with van der Waals surface area (Å²) in [5.41, 5.74) is 5.06. The lowest BCUT2D eigenvalue weighted by molar-refractivity contribution is -0.124. The number of aliphatic hydroxyl groups is 1. The molecule has 0 aromatic heterocycles. The van der Waals surface area contributed by atoms with Crippen LogP contribution in [0.25, 0.3) is 0 Å². The molecule has 1 aliphatic rings. The van der Waals surface area contributed by atoms with Crippen molar-refractivity contribution in [3.8, 4) is 0 Å². The number of rotatable bonds is 3. The summed E-state index contributed by atoms with van der Waals surface area (Å²) in [5, 5.41) is 11.1. The third-order valence-corrected chi connectivity index (χ3v) is 1.31. The fourth-order valence-corrected chi connectivity index (χ4v) is 0.707. The minimum absolute atomic E-state index is 0.0791. The van der Waals surface area contributed by atoms with Gasteiger partial charge in [0.2, 0.25) is 11.7 Å². The van der Waals surface area contributed by atoms with Gasteiger partial charge in [0.15, 0.2) is 0 Å². The zero-order valence-electron chi connectivity index (χ0n) is 5.70. The first-order valence-electron chi connectivity index (χ1n) is 3.07. The van der Waals surface area contributed by atoms with Crippen LogP contribution in [0.5, 0.6) is 0 Å². The van der Waals surface area contributed by atoms with Crippen LogP contribution in [0.1, 0.15) is 0 Å². The second kappa shape index (κ2) is 2.71. The molecule has 5 nitrogen and oxygen atoms in total. The van der Waals surface area contributed by atoms with Gasteiger partial charge in [-0.25, -0.2) is 0 Å². The molecule has 0 aliphatic heterocycles. The number of carbonyl (C=O) groups is 2. The molecule has 11 heavy (non-hydrogen) atoms. The molecule has 1 aliphatic carbocycles. The molecular weight excluding hydrogens is 148 g/mol. The van der Waals surface area contributed by atoms with Crippen molar-refractivity contribution >= 4 is 11.7 Å². The molecule has 1 amide bonds. The predicted molar refractivity (Wildman–Crippen MR) is 36.3 cm³/mol. The van der Waals surface area contributed by atoms with E-state index in [0.29, 0.717) is 0 Å². The van der Waals surface area contributed by atoms with Crippen molar-refractivity contribution in [2.75, 3.05) is 6.54 Å². The lowest BCUT2D eigenvalue weighted by atomic mass is 10.0. The zero-order valence-corrected chi connectivity index (χ0v) is 5.70. The van der Waals surface area contributed by atoms with Crippen molar-refractivity contribution in [1.82, 2.24) is 5.32 Å². The first-order chi connectivity index (χ1) is 5.11. The molecule has 1 rings (SSSR count). The number of amides is 1. The van der Waals surface area contributed by atoms with Gasteiger partial charge in [-0.2, -0.15) is 0 Å². The van der Waals surface area contributed by atoms with Crippen LogP contribution >= 0.6 is 0 Å². The highest BCUT2D eigenvalue weighted by Gasteiger charge is 2.27. The summed E-state index contributed by atoms with van der Waals surface area (Å²) in [4.78, 5) is 20.8. The fraction of sp³-hybridized carbons (Fsp3) is 0.333. The number of primary amides is 1. The highest BCUT2D eigenvalue weighted by Crippen LogP contribution is 2.10. The van der Waals surface area contributed by atoms with Crippen LogP contribution in [-0.2, 0) is 9.59 Å². The Morgan fingerprint density at radius 2 is 2.45 bits per heavy atom. The average molecular weight is 156 g/mol. The van der Waals surface area contributed by atoms with E-state index < -0.39 is 17.8 Å². The van der Waals surface area contributed by atoms with Crippen LogP contribution < -0.4 is 11.1 Å². The number of aliphatic hydroxyl groups excluding tert-OH is 1. The number of ketones is 1. The fourth-order valence-electron chi connectivity index (χ4n) is 0.707. The summed E-state index contributed by atoms with van der Waals surface area (Å²) in [7, 11) is 0. The van der Waals surface area contributed by atoms with E-state index in [1.165, 1.54) is 6.08 Å². The number of Topliss-reactive ketones (excluding diaryl/α,β-unsaturated/α-hetero) is 1. The Bertz CT molecular complexity index is 234. The number of nitrogens with one attached hydrogen (secondary N) is 1. The molecule has 0 bridgehead atoms. The number of hydrogen-bond donors (Lipinski definition) is 3. The molecule has 0 saturated carbocycles. The maximum atomic E-state index is 10.6. The number of carbonyl (C=O) groups excluding carboxylic acids is 2. The number of nitrogens with two attached hydrogens (primary N) is 1. The van der Waals surface area contributed by atoms with E-state index in [1.807, 2.05) is 0 Å². The molecule has 0 spiro atoms. The molecule has 4 N–H and O–H groups in total. The topological polar surface area (TPSA) is 92.4 Å². The Morgan fingerprint density at radius 1 is 1.82 bits per heavy atom. The molecule has 1 unspecified atom stereocenters. The summed E-state index contributed by atoms with van der Waals surface area (Å²) < 4.78 is 0. The van der Waals surface area contributed by atoms with Crippen LogP contribution in [0.3, 0.4) is 0 Å². The van der Waals surface area contributed by atoms with E-state index in [2.05, 4.69) is 5.32 Å². The van der Waals surface area contributed by atoms with Crippen LogP contribution in [0.4, 0.5) is 0 Å². The van der Waals surface area contributed by atoms with Gasteiger partial charge in [0.25, 0.3) is 0 Å². The highest BCUT2D eigenvalue weighted by atomic mass is 16.3. The minimum Gasteiger partial charge on any atom is -0.381 e. The molecule has 1 atom stereocenters. The SMILES string of the molecule is NC(=O)CNC1=CC(O)C1=O. The van der Waals surface area contributed by atoms with Gasteiger partial charge in [-0.15, -0.1) is 0 Å². The van der Waals surface area contributed by atoms with Gasteiger partial charge in [-0.05, 0) is 6.08 Å². The third kappa shape index (κ3) is 1.56. The summed E-state index contributed by atoms with van der Waals surface area (Å²) in [6, 6.07) is 0. The molecular formula is C6H8N2O3. The molecule has 0 saturated heterocycles. The quantitative estimate of drug-likeness (QED) is 0.436. The van der Waals surface area contributed by atoms with E-state index in [-0.39, 0.29) is 12.2 Å². The van der Waals surface area contributed by atoms with Gasteiger partial charge in [0.1, 0.15) is 6.10 Å². The van der Waals surface area contributed by atoms with E-state index >= 15 is 0 Å². The van der Waals surface area contributed by atoms with Crippen molar-refractivity contribution in [3.63, 3.8) is 0 Å². The number of hydrogen-bond acceptors (Lipinski definition) is 4. The van der Waals surface area contributed by atoms with Crippen molar-refractivity contribution in [3.05, 3.63) is 11.8 Å². The van der Waals surface area contributed by atoms with Gasteiger partial charge < -0.3 is 16.2 Å². The maximum Gasteiger partial charge on any atom is 0.236 e. The van der Waals surface area contributed by atoms with Crippen molar-refractivity contribution in [2.45, 2.75) is 6.10 Å².